The minimum Gasteiger partial charge on any atom is -0.462 e. The second kappa shape index (κ2) is 6.64. The van der Waals surface area contributed by atoms with Gasteiger partial charge < -0.3 is 15.0 Å². The molecule has 0 heterocycles. The number of hydrogen-bond acceptors (Lipinski definition) is 4. The highest BCUT2D eigenvalue weighted by Crippen LogP contribution is 2.17. The van der Waals surface area contributed by atoms with E-state index >= 15 is 0 Å². The lowest BCUT2D eigenvalue weighted by Gasteiger charge is -2.21. The van der Waals surface area contributed by atoms with Crippen molar-refractivity contribution in [3.63, 3.8) is 0 Å². The van der Waals surface area contributed by atoms with Gasteiger partial charge in [0.05, 0.1) is 7.11 Å². The van der Waals surface area contributed by atoms with Gasteiger partial charge in [-0.1, -0.05) is 0 Å². The van der Waals surface area contributed by atoms with Crippen LogP contribution in [-0.2, 0) is 14.3 Å². The first-order valence-corrected chi connectivity index (χ1v) is 5.86. The summed E-state index contributed by atoms with van der Waals surface area (Å²) in [4.78, 5) is 24.4. The van der Waals surface area contributed by atoms with Crippen molar-refractivity contribution >= 4 is 23.3 Å². The van der Waals surface area contributed by atoms with Gasteiger partial charge in [-0.25, -0.2) is 4.79 Å². The monoisotopic (exact) mass is 250 g/mol. The molecule has 0 aliphatic rings. The summed E-state index contributed by atoms with van der Waals surface area (Å²) in [7, 11) is 1.17. The summed E-state index contributed by atoms with van der Waals surface area (Å²) < 4.78 is 4.32. The van der Waals surface area contributed by atoms with Gasteiger partial charge in [-0.05, 0) is 38.1 Å². The van der Waals surface area contributed by atoms with Gasteiger partial charge >= 0.3 is 11.9 Å². The zero-order valence-electron chi connectivity index (χ0n) is 10.9. The van der Waals surface area contributed by atoms with Gasteiger partial charge in [-0.15, -0.1) is 0 Å². The fraction of sp³-hybridized carbons (Fsp3) is 0.385. The number of hydrogen-bond donors (Lipinski definition) is 1. The van der Waals surface area contributed by atoms with E-state index < -0.39 is 11.9 Å². The molecule has 0 atom stereocenters. The Kier molecular flexibility index (Phi) is 5.17. The number of nitrogens with zero attached hydrogens (tertiary/aromatic N) is 1. The second-order valence-electron chi connectivity index (χ2n) is 3.66. The Balaban J connectivity index is 2.71. The van der Waals surface area contributed by atoms with Crippen LogP contribution in [0.5, 0.6) is 0 Å². The topological polar surface area (TPSA) is 58.6 Å². The SMILES string of the molecule is CCN(CC)c1ccc(NC(=O)C(=O)OC)cc1. The van der Waals surface area contributed by atoms with Crippen molar-refractivity contribution in [3.05, 3.63) is 24.3 Å². The lowest BCUT2D eigenvalue weighted by molar-refractivity contribution is -0.150. The number of carbonyl (C=O) groups excluding carboxylic acids is 2. The normalized spacial score (nSPS) is 9.72. The fourth-order valence-electron chi connectivity index (χ4n) is 1.62. The van der Waals surface area contributed by atoms with Gasteiger partial charge in [0.25, 0.3) is 0 Å². The minimum atomic E-state index is -0.900. The highest BCUT2D eigenvalue weighted by atomic mass is 16.5. The lowest BCUT2D eigenvalue weighted by atomic mass is 10.2. The molecular weight excluding hydrogens is 232 g/mol. The van der Waals surface area contributed by atoms with E-state index in [1.165, 1.54) is 7.11 Å². The van der Waals surface area contributed by atoms with Crippen molar-refractivity contribution in [1.82, 2.24) is 0 Å². The number of benzene rings is 1. The van der Waals surface area contributed by atoms with Crippen LogP contribution in [0.25, 0.3) is 0 Å². The molecule has 1 aromatic carbocycles. The summed E-state index contributed by atoms with van der Waals surface area (Å²) in [6.07, 6.45) is 0. The molecule has 1 aromatic rings. The first kappa shape index (κ1) is 14.0. The Bertz CT molecular complexity index is 411. The summed E-state index contributed by atoms with van der Waals surface area (Å²) >= 11 is 0. The van der Waals surface area contributed by atoms with Crippen molar-refractivity contribution < 1.29 is 14.3 Å². The third kappa shape index (κ3) is 3.48. The molecule has 0 fully saturated rings. The molecular formula is C13H18N2O3. The van der Waals surface area contributed by atoms with E-state index in [1.807, 2.05) is 12.1 Å². The predicted molar refractivity (Wildman–Crippen MR) is 70.6 cm³/mol. The van der Waals surface area contributed by atoms with E-state index in [0.29, 0.717) is 5.69 Å². The minimum absolute atomic E-state index is 0.571. The molecule has 18 heavy (non-hydrogen) atoms. The molecule has 0 unspecified atom stereocenters. The summed E-state index contributed by atoms with van der Waals surface area (Å²) in [6, 6.07) is 7.32. The number of carbonyl (C=O) groups is 2. The van der Waals surface area contributed by atoms with Crippen molar-refractivity contribution in [1.29, 1.82) is 0 Å². The van der Waals surface area contributed by atoms with Crippen LogP contribution < -0.4 is 10.2 Å². The summed E-state index contributed by atoms with van der Waals surface area (Å²) in [6.45, 7) is 6.00. The largest absolute Gasteiger partial charge is 0.462 e. The fourth-order valence-corrected chi connectivity index (χ4v) is 1.62. The highest BCUT2D eigenvalue weighted by molar-refractivity contribution is 6.37. The van der Waals surface area contributed by atoms with Crippen molar-refractivity contribution in [2.45, 2.75) is 13.8 Å². The van der Waals surface area contributed by atoms with Gasteiger partial charge in [-0.2, -0.15) is 0 Å². The van der Waals surface area contributed by atoms with Gasteiger partial charge in [0.2, 0.25) is 0 Å². The average molecular weight is 250 g/mol. The predicted octanol–water partition coefficient (Wildman–Crippen LogP) is 1.64. The lowest BCUT2D eigenvalue weighted by Crippen LogP contribution is -2.24. The molecule has 5 nitrogen and oxygen atoms in total. The molecule has 5 heteroatoms. The first-order valence-electron chi connectivity index (χ1n) is 5.86. The number of esters is 1. The Morgan fingerprint density at radius 3 is 2.17 bits per heavy atom. The van der Waals surface area contributed by atoms with E-state index in [9.17, 15) is 9.59 Å². The number of ether oxygens (including phenoxy) is 1. The molecule has 98 valence electrons. The highest BCUT2D eigenvalue weighted by Gasteiger charge is 2.13. The van der Waals surface area contributed by atoms with Crippen LogP contribution >= 0.6 is 0 Å². The summed E-state index contributed by atoms with van der Waals surface area (Å²) in [5, 5.41) is 2.46. The van der Waals surface area contributed by atoms with Crippen LogP contribution in [0.15, 0.2) is 24.3 Å². The zero-order valence-corrected chi connectivity index (χ0v) is 10.9. The van der Waals surface area contributed by atoms with Crippen LogP contribution in [0.4, 0.5) is 11.4 Å². The number of rotatable bonds is 4. The van der Waals surface area contributed by atoms with Gasteiger partial charge in [0.1, 0.15) is 0 Å². The van der Waals surface area contributed by atoms with Gasteiger partial charge in [-0.3, -0.25) is 4.79 Å². The molecule has 1 rings (SSSR count). The number of amides is 1. The maximum Gasteiger partial charge on any atom is 0.396 e. The van der Waals surface area contributed by atoms with Crippen LogP contribution in [0.1, 0.15) is 13.8 Å². The molecule has 0 saturated heterocycles. The standard InChI is InChI=1S/C13H18N2O3/c1-4-15(5-2)11-8-6-10(7-9-11)14-12(16)13(17)18-3/h6-9H,4-5H2,1-3H3,(H,14,16). The van der Waals surface area contributed by atoms with Crippen molar-refractivity contribution in [2.24, 2.45) is 0 Å². The van der Waals surface area contributed by atoms with Gasteiger partial charge in [0, 0.05) is 24.5 Å². The van der Waals surface area contributed by atoms with Gasteiger partial charge in [0.15, 0.2) is 0 Å². The summed E-state index contributed by atoms with van der Waals surface area (Å²) in [5.41, 5.74) is 1.65. The molecule has 0 radical (unpaired) electrons. The maximum atomic E-state index is 11.3. The van der Waals surface area contributed by atoms with E-state index in [-0.39, 0.29) is 0 Å². The molecule has 1 N–H and O–H groups in total. The first-order chi connectivity index (χ1) is 8.62. The molecule has 0 spiro atoms. The molecule has 1 amide bonds. The number of nitrogens with one attached hydrogen (secondary N) is 1. The quantitative estimate of drug-likeness (QED) is 0.652. The van der Waals surface area contributed by atoms with E-state index in [0.717, 1.165) is 18.8 Å². The zero-order chi connectivity index (χ0) is 13.5. The molecule has 0 saturated carbocycles. The van der Waals surface area contributed by atoms with Crippen LogP contribution in [0.3, 0.4) is 0 Å². The third-order valence-electron chi connectivity index (χ3n) is 2.62. The number of anilines is 2. The Hall–Kier alpha value is -2.04. The van der Waals surface area contributed by atoms with Crippen LogP contribution in [-0.4, -0.2) is 32.1 Å². The molecule has 0 bridgehead atoms. The van der Waals surface area contributed by atoms with E-state index in [2.05, 4.69) is 28.8 Å². The Morgan fingerprint density at radius 2 is 1.72 bits per heavy atom. The Morgan fingerprint density at radius 1 is 1.17 bits per heavy atom. The maximum absolute atomic E-state index is 11.3. The second-order valence-corrected chi connectivity index (χ2v) is 3.66. The third-order valence-corrected chi connectivity index (χ3v) is 2.62. The average Bonchev–Trinajstić information content (AvgIpc) is 2.41. The van der Waals surface area contributed by atoms with Crippen LogP contribution in [0.2, 0.25) is 0 Å². The molecule has 0 aliphatic heterocycles. The van der Waals surface area contributed by atoms with Crippen LogP contribution in [0, 0.1) is 0 Å². The van der Waals surface area contributed by atoms with E-state index in [4.69, 9.17) is 0 Å². The van der Waals surface area contributed by atoms with Crippen molar-refractivity contribution in [2.75, 3.05) is 30.4 Å². The van der Waals surface area contributed by atoms with E-state index in [1.54, 1.807) is 12.1 Å². The van der Waals surface area contributed by atoms with Crippen molar-refractivity contribution in [3.8, 4) is 0 Å². The Labute approximate surface area is 107 Å². The molecule has 0 aromatic heterocycles. The number of methoxy groups -OCH3 is 1. The summed E-state index contributed by atoms with van der Waals surface area (Å²) in [5.74, 6) is -1.67. The smallest absolute Gasteiger partial charge is 0.396 e. The molecule has 0 aliphatic carbocycles.